The summed E-state index contributed by atoms with van der Waals surface area (Å²) < 4.78 is 45.9. The fraction of sp³-hybridized carbons (Fsp3) is 0.391. The Morgan fingerprint density at radius 1 is 1.12 bits per heavy atom. The highest BCUT2D eigenvalue weighted by atomic mass is 19.4. The zero-order valence-electron chi connectivity index (χ0n) is 18.8. The van der Waals surface area contributed by atoms with Crippen molar-refractivity contribution in [2.24, 2.45) is 0 Å². The van der Waals surface area contributed by atoms with Crippen LogP contribution in [0.15, 0.2) is 42.5 Å². The normalized spacial score (nSPS) is 16.4. The van der Waals surface area contributed by atoms with E-state index in [-0.39, 0.29) is 29.4 Å². The van der Waals surface area contributed by atoms with E-state index in [0.29, 0.717) is 11.3 Å². The summed E-state index contributed by atoms with van der Waals surface area (Å²) in [5.74, 6) is -0.376. The Bertz CT molecular complexity index is 993. The van der Waals surface area contributed by atoms with E-state index < -0.39 is 18.1 Å². The third-order valence-electron chi connectivity index (χ3n) is 5.39. The van der Waals surface area contributed by atoms with Crippen LogP contribution in [0.3, 0.4) is 0 Å². The van der Waals surface area contributed by atoms with Crippen LogP contribution in [0.25, 0.3) is 0 Å². The molecule has 1 saturated heterocycles. The molecule has 0 radical (unpaired) electrons. The highest BCUT2D eigenvalue weighted by Crippen LogP contribution is 2.26. The molecule has 1 heterocycles. The Morgan fingerprint density at radius 2 is 1.79 bits per heavy atom. The molecule has 8 nitrogen and oxygen atoms in total. The Balaban J connectivity index is 1.61. The summed E-state index contributed by atoms with van der Waals surface area (Å²) in [7, 11) is 1.43. The molecule has 2 aromatic rings. The van der Waals surface area contributed by atoms with Gasteiger partial charge in [-0.2, -0.15) is 0 Å². The zero-order valence-corrected chi connectivity index (χ0v) is 18.8. The lowest BCUT2D eigenvalue weighted by atomic mass is 10.0. The quantitative estimate of drug-likeness (QED) is 0.446. The number of anilines is 2. The maximum absolute atomic E-state index is 12.8. The van der Waals surface area contributed by atoms with E-state index >= 15 is 0 Å². The van der Waals surface area contributed by atoms with Gasteiger partial charge in [0.2, 0.25) is 0 Å². The van der Waals surface area contributed by atoms with Crippen molar-refractivity contribution in [3.63, 3.8) is 0 Å². The van der Waals surface area contributed by atoms with Gasteiger partial charge in [-0.3, -0.25) is 4.79 Å². The first-order valence-electron chi connectivity index (χ1n) is 10.8. The molecule has 2 unspecified atom stereocenters. The zero-order chi connectivity index (χ0) is 24.7. The molecule has 2 atom stereocenters. The van der Waals surface area contributed by atoms with Crippen LogP contribution in [-0.2, 0) is 0 Å². The molecule has 0 bridgehead atoms. The van der Waals surface area contributed by atoms with Gasteiger partial charge in [0.15, 0.2) is 0 Å². The maximum Gasteiger partial charge on any atom is 0.573 e. The number of hydrogen-bond acceptors (Lipinski definition) is 5. The van der Waals surface area contributed by atoms with Gasteiger partial charge in [0.1, 0.15) is 11.5 Å². The molecule has 2 aromatic carbocycles. The summed E-state index contributed by atoms with van der Waals surface area (Å²) in [5.41, 5.74) is 0.971. The van der Waals surface area contributed by atoms with Crippen molar-refractivity contribution in [3.05, 3.63) is 48.0 Å². The molecule has 11 heteroatoms. The number of benzene rings is 2. The minimum Gasteiger partial charge on any atom is -0.496 e. The number of ether oxygens (including phenoxy) is 2. The third kappa shape index (κ3) is 7.01. The fourth-order valence-corrected chi connectivity index (χ4v) is 3.78. The van der Waals surface area contributed by atoms with Crippen LogP contribution in [0.4, 0.5) is 29.3 Å². The Morgan fingerprint density at radius 3 is 2.38 bits per heavy atom. The number of carbonyl (C=O) groups excluding carboxylic acids is 2. The number of amides is 3. The summed E-state index contributed by atoms with van der Waals surface area (Å²) in [6, 6.07) is 8.97. The lowest BCUT2D eigenvalue weighted by molar-refractivity contribution is -0.274. The highest BCUT2D eigenvalue weighted by Gasteiger charge is 2.31. The minimum absolute atomic E-state index is 0.00351. The average molecular weight is 480 g/mol. The predicted molar refractivity (Wildman–Crippen MR) is 121 cm³/mol. The van der Waals surface area contributed by atoms with Gasteiger partial charge in [-0.05, 0) is 62.2 Å². The van der Waals surface area contributed by atoms with Gasteiger partial charge >= 0.3 is 12.4 Å². The van der Waals surface area contributed by atoms with Crippen molar-refractivity contribution in [2.45, 2.75) is 44.6 Å². The van der Waals surface area contributed by atoms with Crippen molar-refractivity contribution in [3.8, 4) is 11.5 Å². The van der Waals surface area contributed by atoms with E-state index in [4.69, 9.17) is 4.74 Å². The number of hydrogen-bond donors (Lipinski definition) is 4. The van der Waals surface area contributed by atoms with Crippen molar-refractivity contribution < 1.29 is 32.2 Å². The third-order valence-corrected chi connectivity index (χ3v) is 5.39. The molecule has 0 saturated carbocycles. The minimum atomic E-state index is -4.79. The largest absolute Gasteiger partial charge is 0.573 e. The van der Waals surface area contributed by atoms with Gasteiger partial charge in [-0.1, -0.05) is 6.92 Å². The SMILES string of the molecule is CCC(NC(=O)c1ccc(NC(=O)Nc2ccc(OC(F)(F)F)cc2)cc1OC)C1CCCN1. The molecule has 0 aliphatic carbocycles. The van der Waals surface area contributed by atoms with Crippen LogP contribution >= 0.6 is 0 Å². The molecule has 1 fully saturated rings. The first-order valence-corrected chi connectivity index (χ1v) is 10.8. The first-order chi connectivity index (χ1) is 16.2. The van der Waals surface area contributed by atoms with Crippen LogP contribution in [0.5, 0.6) is 11.5 Å². The topological polar surface area (TPSA) is 101 Å². The first kappa shape index (κ1) is 25.2. The molecule has 1 aliphatic heterocycles. The Hall–Kier alpha value is -3.47. The lowest BCUT2D eigenvalue weighted by Gasteiger charge is -2.24. The van der Waals surface area contributed by atoms with Gasteiger partial charge in [0, 0.05) is 29.5 Å². The highest BCUT2D eigenvalue weighted by molar-refractivity contribution is 6.01. The molecule has 0 spiro atoms. The van der Waals surface area contributed by atoms with Crippen molar-refractivity contribution in [1.82, 2.24) is 10.6 Å². The summed E-state index contributed by atoms with van der Waals surface area (Å²) in [5, 5.41) is 11.6. The second-order valence-electron chi connectivity index (χ2n) is 7.76. The van der Waals surface area contributed by atoms with E-state index in [1.54, 1.807) is 12.1 Å². The van der Waals surface area contributed by atoms with Crippen LogP contribution < -0.4 is 30.7 Å². The van der Waals surface area contributed by atoms with E-state index in [2.05, 4.69) is 26.0 Å². The number of nitrogens with one attached hydrogen (secondary N) is 4. The van der Waals surface area contributed by atoms with Gasteiger partial charge in [-0.25, -0.2) is 4.79 Å². The van der Waals surface area contributed by atoms with Crippen molar-refractivity contribution in [1.29, 1.82) is 0 Å². The number of urea groups is 1. The Labute approximate surface area is 195 Å². The number of halogens is 3. The summed E-state index contributed by atoms with van der Waals surface area (Å²) in [6.45, 7) is 2.96. The fourth-order valence-electron chi connectivity index (χ4n) is 3.78. The predicted octanol–water partition coefficient (Wildman–Crippen LogP) is 4.50. The molecular formula is C23H27F3N4O4. The van der Waals surface area contributed by atoms with Gasteiger partial charge in [0.25, 0.3) is 5.91 Å². The molecule has 184 valence electrons. The van der Waals surface area contributed by atoms with Gasteiger partial charge in [0.05, 0.1) is 12.7 Å². The van der Waals surface area contributed by atoms with E-state index in [9.17, 15) is 22.8 Å². The summed E-state index contributed by atoms with van der Waals surface area (Å²) in [6.07, 6.45) is -1.92. The number of carbonyl (C=O) groups is 2. The molecule has 34 heavy (non-hydrogen) atoms. The molecule has 0 aromatic heterocycles. The van der Waals surface area contributed by atoms with E-state index in [0.717, 1.165) is 37.9 Å². The molecule has 3 amide bonds. The monoisotopic (exact) mass is 480 g/mol. The Kier molecular flexibility index (Phi) is 8.21. The summed E-state index contributed by atoms with van der Waals surface area (Å²) in [4.78, 5) is 25.1. The number of rotatable bonds is 8. The molecular weight excluding hydrogens is 453 g/mol. The molecule has 3 rings (SSSR count). The van der Waals surface area contributed by atoms with Crippen molar-refractivity contribution in [2.75, 3.05) is 24.3 Å². The van der Waals surface area contributed by atoms with Gasteiger partial charge < -0.3 is 30.7 Å². The molecule has 4 N–H and O–H groups in total. The van der Waals surface area contributed by atoms with E-state index in [1.807, 2.05) is 6.92 Å². The van der Waals surface area contributed by atoms with E-state index in [1.165, 1.54) is 25.3 Å². The lowest BCUT2D eigenvalue weighted by Crippen LogP contribution is -2.47. The van der Waals surface area contributed by atoms with Crippen molar-refractivity contribution >= 4 is 23.3 Å². The standard InChI is InChI=1S/C23H27F3N4O4/c1-3-18(19-5-4-12-27-19)30-21(31)17-11-8-15(13-20(17)33-2)29-22(32)28-14-6-9-16(10-7-14)34-23(24,25)26/h6-11,13,18-19,27H,3-5,12H2,1-2H3,(H,30,31)(H2,28,29,32). The second kappa shape index (κ2) is 11.1. The number of alkyl halides is 3. The number of methoxy groups -OCH3 is 1. The van der Waals surface area contributed by atoms with Crippen LogP contribution in [0, 0.1) is 0 Å². The van der Waals surface area contributed by atoms with Crippen LogP contribution in [0.1, 0.15) is 36.5 Å². The smallest absolute Gasteiger partial charge is 0.496 e. The van der Waals surface area contributed by atoms with Crippen LogP contribution in [-0.4, -0.2) is 44.0 Å². The van der Waals surface area contributed by atoms with Crippen LogP contribution in [0.2, 0.25) is 0 Å². The average Bonchev–Trinajstić information content (AvgIpc) is 3.32. The van der Waals surface area contributed by atoms with Gasteiger partial charge in [-0.15, -0.1) is 13.2 Å². The maximum atomic E-state index is 12.8. The molecule has 1 aliphatic rings. The summed E-state index contributed by atoms with van der Waals surface area (Å²) >= 11 is 0. The second-order valence-corrected chi connectivity index (χ2v) is 7.76.